The van der Waals surface area contributed by atoms with E-state index >= 15 is 0 Å². The number of hydrogen-bond acceptors (Lipinski definition) is 3. The Bertz CT molecular complexity index is 478. The fourth-order valence-electron chi connectivity index (χ4n) is 2.38. The number of carbonyl (C=O) groups is 1. The number of nitrogens with zero attached hydrogens (tertiary/aromatic N) is 1. The van der Waals surface area contributed by atoms with Crippen molar-refractivity contribution in [1.29, 1.82) is 0 Å². The number of nitrogens with two attached hydrogens (primary N) is 1. The quantitative estimate of drug-likeness (QED) is 0.885. The summed E-state index contributed by atoms with van der Waals surface area (Å²) in [6.07, 6.45) is -3.77. The average molecular weight is 301 g/mol. The minimum Gasteiger partial charge on any atom is -0.340 e. The fraction of sp³-hybridized carbons (Fsp3) is 0.500. The standard InChI is InChI=1S/C14H18F3N3O/c15-14(16,17)13(10-4-2-1-3-5-10)19-8-12(21)20-7-6-11(18)9-20/h1-5,11,13,19H,6-9,18H2/t11-,13-/m1/s1. The number of benzene rings is 1. The largest absolute Gasteiger partial charge is 0.407 e. The Morgan fingerprint density at radius 2 is 2.05 bits per heavy atom. The van der Waals surface area contributed by atoms with Crippen LogP contribution in [0.5, 0.6) is 0 Å². The molecule has 1 fully saturated rings. The molecule has 4 nitrogen and oxygen atoms in total. The van der Waals surface area contributed by atoms with Gasteiger partial charge in [0, 0.05) is 19.1 Å². The maximum atomic E-state index is 13.1. The lowest BCUT2D eigenvalue weighted by Crippen LogP contribution is -2.42. The van der Waals surface area contributed by atoms with E-state index in [0.717, 1.165) is 0 Å². The maximum absolute atomic E-state index is 13.1. The highest BCUT2D eigenvalue weighted by Crippen LogP contribution is 2.32. The zero-order chi connectivity index (χ0) is 15.5. The van der Waals surface area contributed by atoms with E-state index in [1.165, 1.54) is 29.2 Å². The Kier molecular flexibility index (Phi) is 4.84. The van der Waals surface area contributed by atoms with E-state index in [1.54, 1.807) is 6.07 Å². The molecule has 0 aliphatic carbocycles. The Morgan fingerprint density at radius 3 is 2.57 bits per heavy atom. The average Bonchev–Trinajstić information content (AvgIpc) is 2.85. The molecule has 0 spiro atoms. The molecule has 3 N–H and O–H groups in total. The van der Waals surface area contributed by atoms with E-state index in [1.807, 2.05) is 0 Å². The second-order valence-electron chi connectivity index (χ2n) is 5.15. The molecule has 0 saturated carbocycles. The Morgan fingerprint density at radius 1 is 1.38 bits per heavy atom. The van der Waals surface area contributed by atoms with Crippen molar-refractivity contribution >= 4 is 5.91 Å². The number of nitrogens with one attached hydrogen (secondary N) is 1. The van der Waals surface area contributed by atoms with E-state index in [0.29, 0.717) is 19.5 Å². The van der Waals surface area contributed by atoms with Crippen LogP contribution in [0.2, 0.25) is 0 Å². The highest BCUT2D eigenvalue weighted by atomic mass is 19.4. The van der Waals surface area contributed by atoms with Crippen molar-refractivity contribution in [3.63, 3.8) is 0 Å². The number of hydrogen-bond donors (Lipinski definition) is 2. The van der Waals surface area contributed by atoms with Crippen LogP contribution in [0.4, 0.5) is 13.2 Å². The first kappa shape index (κ1) is 15.8. The van der Waals surface area contributed by atoms with Crippen LogP contribution in [0.15, 0.2) is 30.3 Å². The van der Waals surface area contributed by atoms with Crippen LogP contribution < -0.4 is 11.1 Å². The molecule has 21 heavy (non-hydrogen) atoms. The predicted molar refractivity (Wildman–Crippen MR) is 72.4 cm³/mol. The lowest BCUT2D eigenvalue weighted by Gasteiger charge is -2.23. The molecule has 1 amide bonds. The molecular weight excluding hydrogens is 283 g/mol. The van der Waals surface area contributed by atoms with E-state index < -0.39 is 12.2 Å². The molecule has 1 aliphatic heterocycles. The number of alkyl halides is 3. The van der Waals surface area contributed by atoms with Crippen LogP contribution in [-0.4, -0.2) is 42.7 Å². The van der Waals surface area contributed by atoms with Gasteiger partial charge in [0.15, 0.2) is 0 Å². The van der Waals surface area contributed by atoms with Gasteiger partial charge in [-0.2, -0.15) is 13.2 Å². The van der Waals surface area contributed by atoms with Crippen LogP contribution in [0.1, 0.15) is 18.0 Å². The van der Waals surface area contributed by atoms with Gasteiger partial charge in [-0.1, -0.05) is 30.3 Å². The monoisotopic (exact) mass is 301 g/mol. The van der Waals surface area contributed by atoms with E-state index in [4.69, 9.17) is 5.73 Å². The highest BCUT2D eigenvalue weighted by Gasteiger charge is 2.41. The molecule has 2 rings (SSSR count). The van der Waals surface area contributed by atoms with Crippen molar-refractivity contribution in [2.45, 2.75) is 24.7 Å². The molecule has 1 heterocycles. The number of carbonyl (C=O) groups excluding carboxylic acids is 1. The molecule has 0 radical (unpaired) electrons. The van der Waals surface area contributed by atoms with Crippen molar-refractivity contribution < 1.29 is 18.0 Å². The summed E-state index contributed by atoms with van der Waals surface area (Å²) in [6, 6.07) is 5.57. The first-order valence-corrected chi connectivity index (χ1v) is 6.76. The molecule has 0 bridgehead atoms. The van der Waals surface area contributed by atoms with Gasteiger partial charge in [0.05, 0.1) is 6.54 Å². The van der Waals surface area contributed by atoms with Gasteiger partial charge in [0.1, 0.15) is 6.04 Å². The summed E-state index contributed by atoms with van der Waals surface area (Å²) in [5, 5.41) is 2.31. The van der Waals surface area contributed by atoms with E-state index in [9.17, 15) is 18.0 Å². The molecule has 1 aromatic rings. The molecule has 1 saturated heterocycles. The third-order valence-electron chi connectivity index (χ3n) is 3.50. The number of likely N-dealkylation sites (tertiary alicyclic amines) is 1. The molecule has 7 heteroatoms. The summed E-state index contributed by atoms with van der Waals surface area (Å²) in [4.78, 5) is 13.4. The first-order valence-electron chi connectivity index (χ1n) is 6.76. The molecule has 2 atom stereocenters. The molecule has 116 valence electrons. The smallest absolute Gasteiger partial charge is 0.340 e. The van der Waals surface area contributed by atoms with Gasteiger partial charge >= 0.3 is 6.18 Å². The summed E-state index contributed by atoms with van der Waals surface area (Å²) in [6.45, 7) is 0.554. The minimum atomic E-state index is -4.46. The van der Waals surface area contributed by atoms with Gasteiger partial charge in [0.2, 0.25) is 5.91 Å². The second kappa shape index (κ2) is 6.44. The lowest BCUT2D eigenvalue weighted by atomic mass is 10.1. The second-order valence-corrected chi connectivity index (χ2v) is 5.15. The molecule has 0 unspecified atom stereocenters. The van der Waals surface area contributed by atoms with Crippen molar-refractivity contribution in [3.8, 4) is 0 Å². The highest BCUT2D eigenvalue weighted by molar-refractivity contribution is 5.78. The van der Waals surface area contributed by atoms with E-state index in [2.05, 4.69) is 5.32 Å². The van der Waals surface area contributed by atoms with Crippen molar-refractivity contribution in [2.24, 2.45) is 5.73 Å². The van der Waals surface area contributed by atoms with E-state index in [-0.39, 0.29) is 24.1 Å². The maximum Gasteiger partial charge on any atom is 0.407 e. The predicted octanol–water partition coefficient (Wildman–Crippen LogP) is 1.44. The molecule has 1 aliphatic rings. The Labute approximate surface area is 121 Å². The van der Waals surface area contributed by atoms with Crippen molar-refractivity contribution in [3.05, 3.63) is 35.9 Å². The summed E-state index contributed by atoms with van der Waals surface area (Å²) in [7, 11) is 0. The van der Waals surface area contributed by atoms with Crippen molar-refractivity contribution in [1.82, 2.24) is 10.2 Å². The summed E-state index contributed by atoms with van der Waals surface area (Å²) >= 11 is 0. The van der Waals surface area contributed by atoms with Gasteiger partial charge in [-0.05, 0) is 12.0 Å². The van der Waals surface area contributed by atoms with Gasteiger partial charge in [-0.15, -0.1) is 0 Å². The zero-order valence-electron chi connectivity index (χ0n) is 11.4. The van der Waals surface area contributed by atoms with Crippen molar-refractivity contribution in [2.75, 3.05) is 19.6 Å². The Balaban J connectivity index is 1.99. The fourth-order valence-corrected chi connectivity index (χ4v) is 2.38. The molecule has 0 aromatic heterocycles. The number of rotatable bonds is 4. The van der Waals surface area contributed by atoms with Gasteiger partial charge in [-0.3, -0.25) is 10.1 Å². The SMILES string of the molecule is N[C@@H]1CCN(C(=O)CN[C@H](c2ccccc2)C(F)(F)F)C1. The Hall–Kier alpha value is -1.60. The topological polar surface area (TPSA) is 58.4 Å². The van der Waals surface area contributed by atoms with Gasteiger partial charge in [-0.25, -0.2) is 0 Å². The van der Waals surface area contributed by atoms with Crippen LogP contribution in [-0.2, 0) is 4.79 Å². The van der Waals surface area contributed by atoms with Crippen LogP contribution in [0, 0.1) is 0 Å². The third-order valence-corrected chi connectivity index (χ3v) is 3.50. The van der Waals surface area contributed by atoms with Crippen LogP contribution in [0.3, 0.4) is 0 Å². The number of amides is 1. The van der Waals surface area contributed by atoms with Gasteiger partial charge in [0.25, 0.3) is 0 Å². The zero-order valence-corrected chi connectivity index (χ0v) is 11.4. The molecular formula is C14H18F3N3O. The summed E-state index contributed by atoms with van der Waals surface area (Å²) in [5.74, 6) is -0.354. The normalized spacial score (nSPS) is 20.6. The molecule has 1 aromatic carbocycles. The van der Waals surface area contributed by atoms with Crippen LogP contribution in [0.25, 0.3) is 0 Å². The lowest BCUT2D eigenvalue weighted by molar-refractivity contribution is -0.159. The van der Waals surface area contributed by atoms with Gasteiger partial charge < -0.3 is 10.6 Å². The minimum absolute atomic E-state index is 0.0820. The van der Waals surface area contributed by atoms with Crippen LogP contribution >= 0.6 is 0 Å². The first-order chi connectivity index (χ1) is 9.88. The third kappa shape index (κ3) is 4.18. The summed E-state index contributed by atoms with van der Waals surface area (Å²) < 4.78 is 39.3. The summed E-state index contributed by atoms with van der Waals surface area (Å²) in [5.41, 5.74) is 5.78. The number of halogens is 3.